The van der Waals surface area contributed by atoms with Gasteiger partial charge in [0.15, 0.2) is 0 Å². The Morgan fingerprint density at radius 3 is 2.74 bits per heavy atom. The first kappa shape index (κ1) is 17.4. The molecule has 2 aromatic rings. The second-order valence-electron chi connectivity index (χ2n) is 4.54. The summed E-state index contributed by atoms with van der Waals surface area (Å²) in [4.78, 5) is 22.9. The molecule has 0 saturated carbocycles. The molecular weight excluding hydrogens is 389 g/mol. The summed E-state index contributed by atoms with van der Waals surface area (Å²) < 4.78 is 19.0. The van der Waals surface area contributed by atoms with E-state index in [0.29, 0.717) is 0 Å². The molecule has 0 atom stereocenters. The highest BCUT2D eigenvalue weighted by Gasteiger charge is 2.19. The second kappa shape index (κ2) is 7.56. The van der Waals surface area contributed by atoms with Crippen molar-refractivity contribution >= 4 is 39.3 Å². The summed E-state index contributed by atoms with van der Waals surface area (Å²) in [6.45, 7) is 1.90. The molecule has 0 amide bonds. The number of esters is 1. The molecule has 2 aromatic carbocycles. The Morgan fingerprint density at radius 2 is 2.09 bits per heavy atom. The Morgan fingerprint density at radius 1 is 1.35 bits per heavy atom. The number of ether oxygens (including phenoxy) is 1. The molecule has 0 fully saturated rings. The molecule has 0 bridgehead atoms. The summed E-state index contributed by atoms with van der Waals surface area (Å²) in [5.41, 5.74) is 0.526. The smallest absolute Gasteiger partial charge is 0.321 e. The van der Waals surface area contributed by atoms with Gasteiger partial charge in [0, 0.05) is 21.5 Å². The van der Waals surface area contributed by atoms with E-state index in [1.54, 1.807) is 0 Å². The Balaban J connectivity index is 2.05. The standard InChI is InChI=1S/C15H11BrFNO4S/c1-9-6-10(16)2-5-14(9)23-8-15(19)22-13-7-11(17)3-4-12(13)18(20)21/h2-7H,8H2,1H3. The normalized spacial score (nSPS) is 10.4. The van der Waals surface area contributed by atoms with E-state index in [4.69, 9.17) is 4.74 Å². The Labute approximate surface area is 144 Å². The first-order valence-electron chi connectivity index (χ1n) is 6.40. The van der Waals surface area contributed by atoms with E-state index < -0.39 is 28.1 Å². The van der Waals surface area contributed by atoms with Gasteiger partial charge in [-0.3, -0.25) is 14.9 Å². The third-order valence-electron chi connectivity index (χ3n) is 2.82. The van der Waals surface area contributed by atoms with Crippen LogP contribution >= 0.6 is 27.7 Å². The van der Waals surface area contributed by atoms with Crippen molar-refractivity contribution in [3.63, 3.8) is 0 Å². The van der Waals surface area contributed by atoms with Crippen LogP contribution in [0.1, 0.15) is 5.56 Å². The van der Waals surface area contributed by atoms with E-state index in [1.165, 1.54) is 11.8 Å². The number of carbonyl (C=O) groups excluding carboxylic acids is 1. The lowest BCUT2D eigenvalue weighted by atomic mass is 10.2. The molecule has 0 aliphatic carbocycles. The average Bonchev–Trinajstić information content (AvgIpc) is 2.46. The van der Waals surface area contributed by atoms with Gasteiger partial charge in [-0.2, -0.15) is 0 Å². The first-order chi connectivity index (χ1) is 10.9. The molecule has 0 aromatic heterocycles. The fourth-order valence-corrected chi connectivity index (χ4v) is 3.04. The van der Waals surface area contributed by atoms with E-state index >= 15 is 0 Å². The fraction of sp³-hybridized carbons (Fsp3) is 0.133. The van der Waals surface area contributed by atoms with Crippen molar-refractivity contribution in [3.05, 3.63) is 62.4 Å². The van der Waals surface area contributed by atoms with Crippen molar-refractivity contribution in [1.82, 2.24) is 0 Å². The molecule has 0 N–H and O–H groups in total. The minimum Gasteiger partial charge on any atom is -0.418 e. The lowest BCUT2D eigenvalue weighted by Crippen LogP contribution is -2.12. The molecular formula is C15H11BrFNO4S. The number of nitro benzene ring substituents is 1. The van der Waals surface area contributed by atoms with Crippen molar-refractivity contribution in [2.45, 2.75) is 11.8 Å². The molecule has 0 spiro atoms. The van der Waals surface area contributed by atoms with Gasteiger partial charge in [0.1, 0.15) is 5.82 Å². The maximum absolute atomic E-state index is 13.2. The number of rotatable bonds is 5. The van der Waals surface area contributed by atoms with Gasteiger partial charge >= 0.3 is 11.7 Å². The summed E-state index contributed by atoms with van der Waals surface area (Å²) in [6, 6.07) is 8.33. The lowest BCUT2D eigenvalue weighted by Gasteiger charge is -2.07. The number of carbonyl (C=O) groups is 1. The van der Waals surface area contributed by atoms with E-state index in [1.807, 2.05) is 25.1 Å². The van der Waals surface area contributed by atoms with E-state index in [9.17, 15) is 19.3 Å². The first-order valence-corrected chi connectivity index (χ1v) is 8.18. The molecule has 0 radical (unpaired) electrons. The van der Waals surface area contributed by atoms with Gasteiger partial charge in [0.2, 0.25) is 5.75 Å². The van der Waals surface area contributed by atoms with Crippen LogP contribution in [0, 0.1) is 22.9 Å². The number of hydrogen-bond donors (Lipinski definition) is 0. The monoisotopic (exact) mass is 399 g/mol. The number of benzene rings is 2. The topological polar surface area (TPSA) is 69.4 Å². The molecule has 8 heteroatoms. The highest BCUT2D eigenvalue weighted by Crippen LogP contribution is 2.29. The van der Waals surface area contributed by atoms with Crippen LogP contribution in [0.3, 0.4) is 0 Å². The summed E-state index contributed by atoms with van der Waals surface area (Å²) in [5, 5.41) is 10.9. The van der Waals surface area contributed by atoms with Crippen LogP contribution in [0.15, 0.2) is 45.8 Å². The Bertz CT molecular complexity index is 769. The van der Waals surface area contributed by atoms with Crippen LogP contribution in [0.2, 0.25) is 0 Å². The van der Waals surface area contributed by atoms with Gasteiger partial charge in [-0.25, -0.2) is 4.39 Å². The number of nitrogens with zero attached hydrogens (tertiary/aromatic N) is 1. The molecule has 0 saturated heterocycles. The van der Waals surface area contributed by atoms with E-state index in [2.05, 4.69) is 15.9 Å². The van der Waals surface area contributed by atoms with Crippen molar-refractivity contribution in [2.75, 3.05) is 5.75 Å². The number of hydrogen-bond acceptors (Lipinski definition) is 5. The third-order valence-corrected chi connectivity index (χ3v) is 4.47. The molecule has 23 heavy (non-hydrogen) atoms. The molecule has 0 unspecified atom stereocenters. The van der Waals surface area contributed by atoms with Crippen LogP contribution in [0.4, 0.5) is 10.1 Å². The van der Waals surface area contributed by atoms with Crippen LogP contribution in [0.25, 0.3) is 0 Å². The predicted molar refractivity (Wildman–Crippen MR) is 88.3 cm³/mol. The van der Waals surface area contributed by atoms with Crippen LogP contribution in [0.5, 0.6) is 5.75 Å². The largest absolute Gasteiger partial charge is 0.418 e. The minimum atomic E-state index is -0.728. The highest BCUT2D eigenvalue weighted by atomic mass is 79.9. The van der Waals surface area contributed by atoms with Crippen molar-refractivity contribution in [1.29, 1.82) is 0 Å². The van der Waals surface area contributed by atoms with Crippen LogP contribution < -0.4 is 4.74 Å². The SMILES string of the molecule is Cc1cc(Br)ccc1SCC(=O)Oc1cc(F)ccc1[N+](=O)[O-]. The average molecular weight is 400 g/mol. The second-order valence-corrected chi connectivity index (χ2v) is 6.47. The van der Waals surface area contributed by atoms with Crippen molar-refractivity contribution in [2.24, 2.45) is 0 Å². The minimum absolute atomic E-state index is 0.0455. The van der Waals surface area contributed by atoms with Crippen LogP contribution in [-0.2, 0) is 4.79 Å². The zero-order valence-corrected chi connectivity index (χ0v) is 14.3. The van der Waals surface area contributed by atoms with Gasteiger partial charge in [0.25, 0.3) is 0 Å². The number of aryl methyl sites for hydroxylation is 1. The lowest BCUT2D eigenvalue weighted by molar-refractivity contribution is -0.385. The Kier molecular flexibility index (Phi) is 5.73. The van der Waals surface area contributed by atoms with E-state index in [-0.39, 0.29) is 5.75 Å². The van der Waals surface area contributed by atoms with E-state index in [0.717, 1.165) is 33.1 Å². The Hall–Kier alpha value is -1.93. The predicted octanol–water partition coefficient (Wildman–Crippen LogP) is 4.50. The summed E-state index contributed by atoms with van der Waals surface area (Å²) in [7, 11) is 0. The molecule has 0 aliphatic rings. The van der Waals surface area contributed by atoms with Crippen molar-refractivity contribution < 1.29 is 18.8 Å². The third kappa shape index (κ3) is 4.77. The number of halogens is 2. The quantitative estimate of drug-likeness (QED) is 0.243. The zero-order valence-electron chi connectivity index (χ0n) is 11.9. The maximum Gasteiger partial charge on any atom is 0.321 e. The van der Waals surface area contributed by atoms with Gasteiger partial charge in [-0.1, -0.05) is 15.9 Å². The summed E-state index contributed by atoms with van der Waals surface area (Å²) in [5.74, 6) is -1.84. The number of nitro groups is 1. The van der Waals surface area contributed by atoms with Gasteiger partial charge < -0.3 is 4.74 Å². The molecule has 5 nitrogen and oxygen atoms in total. The van der Waals surface area contributed by atoms with Crippen LogP contribution in [-0.4, -0.2) is 16.6 Å². The van der Waals surface area contributed by atoms with Gasteiger partial charge in [0.05, 0.1) is 10.7 Å². The van der Waals surface area contributed by atoms with Gasteiger partial charge in [-0.15, -0.1) is 11.8 Å². The molecule has 0 heterocycles. The molecule has 120 valence electrons. The van der Waals surface area contributed by atoms with Gasteiger partial charge in [-0.05, 0) is 36.8 Å². The highest BCUT2D eigenvalue weighted by molar-refractivity contribution is 9.10. The zero-order chi connectivity index (χ0) is 17.0. The van der Waals surface area contributed by atoms with Crippen molar-refractivity contribution in [3.8, 4) is 5.75 Å². The maximum atomic E-state index is 13.2. The fourth-order valence-electron chi connectivity index (χ4n) is 1.78. The molecule has 2 rings (SSSR count). The molecule has 0 aliphatic heterocycles. The summed E-state index contributed by atoms with van der Waals surface area (Å²) >= 11 is 4.59. The number of thioether (sulfide) groups is 1. The summed E-state index contributed by atoms with van der Waals surface area (Å²) in [6.07, 6.45) is 0.